The second kappa shape index (κ2) is 6.11. The van der Waals surface area contributed by atoms with E-state index >= 15 is 0 Å². The Morgan fingerprint density at radius 3 is 2.25 bits per heavy atom. The van der Waals surface area contributed by atoms with Gasteiger partial charge in [0.2, 0.25) is 0 Å². The third-order valence-corrected chi connectivity index (χ3v) is 3.72. The van der Waals surface area contributed by atoms with Crippen LogP contribution in [0.1, 0.15) is 18.1 Å². The van der Waals surface area contributed by atoms with Gasteiger partial charge in [-0.25, -0.2) is 0 Å². The number of nitrogens with zero attached hydrogens (tertiary/aromatic N) is 1. The van der Waals surface area contributed by atoms with Gasteiger partial charge in [-0.05, 0) is 43.7 Å². The summed E-state index contributed by atoms with van der Waals surface area (Å²) in [5, 5.41) is 12.8. The highest BCUT2D eigenvalue weighted by atomic mass is 79.9. The molecular formula is C17H17BrN2. The largest absolute Gasteiger partial charge is 0.367 e. The number of rotatable bonds is 4. The predicted molar refractivity (Wildman–Crippen MR) is 86.7 cm³/mol. The standard InChI is InChI=1S/C17H17BrN2/c1-13-3-9-16(10-4-13)20-17(2,12-19)11-14-5-7-15(18)8-6-14/h3-10,20H,11H2,1-2H3. The van der Waals surface area contributed by atoms with Gasteiger partial charge in [-0.1, -0.05) is 45.8 Å². The van der Waals surface area contributed by atoms with Gasteiger partial charge in [0.05, 0.1) is 6.07 Å². The second-order valence-corrected chi connectivity index (χ2v) is 6.15. The Bertz CT molecular complexity index is 561. The summed E-state index contributed by atoms with van der Waals surface area (Å²) >= 11 is 3.42. The molecule has 2 aromatic rings. The minimum Gasteiger partial charge on any atom is -0.367 e. The van der Waals surface area contributed by atoms with Gasteiger partial charge in [0.15, 0.2) is 0 Å². The molecule has 1 atom stereocenters. The first-order valence-corrected chi connectivity index (χ1v) is 7.31. The summed E-state index contributed by atoms with van der Waals surface area (Å²) in [5.74, 6) is 0. The van der Waals surface area contributed by atoms with E-state index in [1.165, 1.54) is 5.56 Å². The van der Waals surface area contributed by atoms with Crippen molar-refractivity contribution in [2.45, 2.75) is 25.8 Å². The summed E-state index contributed by atoms with van der Waals surface area (Å²) in [6.45, 7) is 3.98. The maximum absolute atomic E-state index is 9.50. The van der Waals surface area contributed by atoms with Crippen molar-refractivity contribution >= 4 is 21.6 Å². The lowest BCUT2D eigenvalue weighted by Crippen LogP contribution is -2.35. The topological polar surface area (TPSA) is 35.8 Å². The van der Waals surface area contributed by atoms with Crippen LogP contribution in [0.4, 0.5) is 5.69 Å². The molecule has 0 saturated heterocycles. The highest BCUT2D eigenvalue weighted by Gasteiger charge is 2.24. The summed E-state index contributed by atoms with van der Waals surface area (Å²) in [7, 11) is 0. The van der Waals surface area contributed by atoms with Crippen LogP contribution >= 0.6 is 15.9 Å². The van der Waals surface area contributed by atoms with Crippen molar-refractivity contribution in [2.24, 2.45) is 0 Å². The quantitative estimate of drug-likeness (QED) is 0.883. The molecule has 0 spiro atoms. The zero-order valence-corrected chi connectivity index (χ0v) is 13.2. The summed E-state index contributed by atoms with van der Waals surface area (Å²) < 4.78 is 1.05. The van der Waals surface area contributed by atoms with Crippen molar-refractivity contribution in [1.82, 2.24) is 0 Å². The van der Waals surface area contributed by atoms with Crippen LogP contribution in [-0.4, -0.2) is 5.54 Å². The Kier molecular flexibility index (Phi) is 4.46. The van der Waals surface area contributed by atoms with Crippen molar-refractivity contribution in [3.8, 4) is 6.07 Å². The van der Waals surface area contributed by atoms with Crippen LogP contribution in [0.3, 0.4) is 0 Å². The molecule has 1 unspecified atom stereocenters. The molecule has 2 aromatic carbocycles. The molecule has 0 bridgehead atoms. The average molecular weight is 329 g/mol. The normalized spacial score (nSPS) is 13.3. The fraction of sp³-hybridized carbons (Fsp3) is 0.235. The number of halogens is 1. The molecule has 0 amide bonds. The Hall–Kier alpha value is -1.79. The van der Waals surface area contributed by atoms with Crippen molar-refractivity contribution in [1.29, 1.82) is 5.26 Å². The molecule has 20 heavy (non-hydrogen) atoms. The predicted octanol–water partition coefficient (Wildman–Crippen LogP) is 4.69. The number of nitriles is 1. The van der Waals surface area contributed by atoms with Gasteiger partial charge in [-0.2, -0.15) is 5.26 Å². The van der Waals surface area contributed by atoms with E-state index in [9.17, 15) is 5.26 Å². The van der Waals surface area contributed by atoms with Gasteiger partial charge in [0.1, 0.15) is 5.54 Å². The average Bonchev–Trinajstić information content (AvgIpc) is 2.44. The second-order valence-electron chi connectivity index (χ2n) is 5.24. The lowest BCUT2D eigenvalue weighted by molar-refractivity contribution is 0.646. The van der Waals surface area contributed by atoms with Crippen LogP contribution in [0.2, 0.25) is 0 Å². The zero-order chi connectivity index (χ0) is 14.6. The molecule has 3 heteroatoms. The number of hydrogen-bond acceptors (Lipinski definition) is 2. The number of hydrogen-bond donors (Lipinski definition) is 1. The minimum absolute atomic E-state index is 0.622. The van der Waals surface area contributed by atoms with E-state index in [0.29, 0.717) is 6.42 Å². The van der Waals surface area contributed by atoms with E-state index in [2.05, 4.69) is 34.2 Å². The van der Waals surface area contributed by atoms with Crippen molar-refractivity contribution in [3.05, 3.63) is 64.1 Å². The number of benzene rings is 2. The fourth-order valence-electron chi connectivity index (χ4n) is 2.08. The Balaban J connectivity index is 2.14. The molecule has 0 aliphatic heterocycles. The Labute approximate surface area is 128 Å². The van der Waals surface area contributed by atoms with E-state index in [1.807, 2.05) is 55.5 Å². The molecule has 2 rings (SSSR count). The first-order chi connectivity index (χ1) is 9.50. The SMILES string of the molecule is Cc1ccc(NC(C)(C#N)Cc2ccc(Br)cc2)cc1. The molecular weight excluding hydrogens is 312 g/mol. The van der Waals surface area contributed by atoms with Crippen molar-refractivity contribution in [3.63, 3.8) is 0 Å². The first kappa shape index (κ1) is 14.6. The minimum atomic E-state index is -0.622. The van der Waals surface area contributed by atoms with Gasteiger partial charge in [0, 0.05) is 16.6 Å². The van der Waals surface area contributed by atoms with Gasteiger partial charge >= 0.3 is 0 Å². The van der Waals surface area contributed by atoms with Crippen LogP contribution in [-0.2, 0) is 6.42 Å². The zero-order valence-electron chi connectivity index (χ0n) is 11.7. The number of nitrogens with one attached hydrogen (secondary N) is 1. The van der Waals surface area contributed by atoms with Gasteiger partial charge in [-0.3, -0.25) is 0 Å². The molecule has 1 N–H and O–H groups in total. The molecule has 0 radical (unpaired) electrons. The van der Waals surface area contributed by atoms with E-state index < -0.39 is 5.54 Å². The van der Waals surface area contributed by atoms with Crippen LogP contribution in [0.5, 0.6) is 0 Å². The van der Waals surface area contributed by atoms with E-state index in [-0.39, 0.29) is 0 Å². The molecule has 0 aromatic heterocycles. The Morgan fingerprint density at radius 1 is 1.10 bits per heavy atom. The first-order valence-electron chi connectivity index (χ1n) is 6.51. The van der Waals surface area contributed by atoms with E-state index in [1.54, 1.807) is 0 Å². The monoisotopic (exact) mass is 328 g/mol. The smallest absolute Gasteiger partial charge is 0.126 e. The van der Waals surface area contributed by atoms with Crippen LogP contribution in [0.15, 0.2) is 53.0 Å². The van der Waals surface area contributed by atoms with E-state index in [0.717, 1.165) is 15.7 Å². The maximum Gasteiger partial charge on any atom is 0.126 e. The third kappa shape index (κ3) is 3.85. The molecule has 0 heterocycles. The lowest BCUT2D eigenvalue weighted by Gasteiger charge is -2.25. The number of anilines is 1. The van der Waals surface area contributed by atoms with Crippen LogP contribution in [0, 0.1) is 18.3 Å². The summed E-state index contributed by atoms with van der Waals surface area (Å²) in [4.78, 5) is 0. The molecule has 0 saturated carbocycles. The summed E-state index contributed by atoms with van der Waals surface area (Å²) in [5.41, 5.74) is 2.69. The maximum atomic E-state index is 9.50. The highest BCUT2D eigenvalue weighted by molar-refractivity contribution is 9.10. The number of aryl methyl sites for hydroxylation is 1. The molecule has 0 aliphatic carbocycles. The summed E-state index contributed by atoms with van der Waals surface area (Å²) in [6, 6.07) is 18.6. The van der Waals surface area contributed by atoms with Gasteiger partial charge < -0.3 is 5.32 Å². The van der Waals surface area contributed by atoms with Gasteiger partial charge in [-0.15, -0.1) is 0 Å². The highest BCUT2D eigenvalue weighted by Crippen LogP contribution is 2.21. The van der Waals surface area contributed by atoms with E-state index in [4.69, 9.17) is 0 Å². The fourth-order valence-corrected chi connectivity index (χ4v) is 2.34. The molecule has 2 nitrogen and oxygen atoms in total. The van der Waals surface area contributed by atoms with Crippen molar-refractivity contribution < 1.29 is 0 Å². The molecule has 0 aliphatic rings. The van der Waals surface area contributed by atoms with Crippen LogP contribution in [0.25, 0.3) is 0 Å². The Morgan fingerprint density at radius 2 is 1.70 bits per heavy atom. The molecule has 102 valence electrons. The van der Waals surface area contributed by atoms with Crippen LogP contribution < -0.4 is 5.32 Å². The van der Waals surface area contributed by atoms with Crippen molar-refractivity contribution in [2.75, 3.05) is 5.32 Å². The lowest BCUT2D eigenvalue weighted by atomic mass is 9.94. The molecule has 0 fully saturated rings. The van der Waals surface area contributed by atoms with Gasteiger partial charge in [0.25, 0.3) is 0 Å². The summed E-state index contributed by atoms with van der Waals surface area (Å²) in [6.07, 6.45) is 0.657. The third-order valence-electron chi connectivity index (χ3n) is 3.19.